The van der Waals surface area contributed by atoms with Crippen molar-refractivity contribution in [2.75, 3.05) is 6.54 Å². The fourth-order valence-corrected chi connectivity index (χ4v) is 6.30. The highest BCUT2D eigenvalue weighted by Crippen LogP contribution is 2.30. The molecule has 1 atom stereocenters. The van der Waals surface area contributed by atoms with Crippen molar-refractivity contribution < 1.29 is 0 Å². The van der Waals surface area contributed by atoms with Crippen LogP contribution in [-0.4, -0.2) is 46.8 Å². The van der Waals surface area contributed by atoms with Crippen molar-refractivity contribution in [1.29, 1.82) is 0 Å². The molecule has 28 heavy (non-hydrogen) atoms. The van der Waals surface area contributed by atoms with E-state index in [4.69, 9.17) is 0 Å². The second kappa shape index (κ2) is 8.91. The maximum absolute atomic E-state index is 4.00. The van der Waals surface area contributed by atoms with Crippen LogP contribution in [0.15, 0.2) is 0 Å². The molecule has 0 spiro atoms. The van der Waals surface area contributed by atoms with Gasteiger partial charge < -0.3 is 21.3 Å². The first-order valence-electron chi connectivity index (χ1n) is 11.8. The average molecular weight is 395 g/mol. The number of hydrogen-bond acceptors (Lipinski definition) is 4. The first kappa shape index (κ1) is 24.1. The van der Waals surface area contributed by atoms with Crippen molar-refractivity contribution in [2.24, 2.45) is 0 Å². The second-order valence-electron chi connectivity index (χ2n) is 12.4. The Morgan fingerprint density at radius 2 is 1.18 bits per heavy atom. The number of hydrogen-bond donors (Lipinski definition) is 4. The summed E-state index contributed by atoms with van der Waals surface area (Å²) < 4.78 is 0. The number of piperidine rings is 2. The third-order valence-corrected chi connectivity index (χ3v) is 6.51. The third-order valence-electron chi connectivity index (χ3n) is 6.51. The summed E-state index contributed by atoms with van der Waals surface area (Å²) >= 11 is 0. The quantitative estimate of drug-likeness (QED) is 0.463. The Kier molecular flexibility index (Phi) is 7.68. The van der Waals surface area contributed by atoms with Crippen LogP contribution in [0.2, 0.25) is 0 Å². The Morgan fingerprint density at radius 1 is 0.750 bits per heavy atom. The predicted octanol–water partition coefficient (Wildman–Crippen LogP) is 4.34. The van der Waals surface area contributed by atoms with E-state index in [2.05, 4.69) is 83.6 Å². The fraction of sp³-hybridized carbons (Fsp3) is 1.00. The number of rotatable bonds is 8. The van der Waals surface area contributed by atoms with Gasteiger partial charge in [-0.1, -0.05) is 6.92 Å². The Balaban J connectivity index is 1.75. The molecule has 0 aromatic rings. The van der Waals surface area contributed by atoms with Gasteiger partial charge in [0.2, 0.25) is 0 Å². The molecule has 166 valence electrons. The third kappa shape index (κ3) is 7.93. The largest absolute Gasteiger partial charge is 0.314 e. The van der Waals surface area contributed by atoms with Gasteiger partial charge in [-0.05, 0) is 107 Å². The summed E-state index contributed by atoms with van der Waals surface area (Å²) in [4.78, 5) is 0. The molecule has 0 saturated carbocycles. The van der Waals surface area contributed by atoms with Crippen LogP contribution in [0.3, 0.4) is 0 Å². The molecule has 4 N–H and O–H groups in total. The fourth-order valence-electron chi connectivity index (χ4n) is 6.30. The van der Waals surface area contributed by atoms with Gasteiger partial charge in [0.25, 0.3) is 0 Å². The topological polar surface area (TPSA) is 48.1 Å². The lowest BCUT2D eigenvalue weighted by Gasteiger charge is -2.47. The van der Waals surface area contributed by atoms with Crippen LogP contribution in [0.25, 0.3) is 0 Å². The highest BCUT2D eigenvalue weighted by molar-refractivity contribution is 5.01. The van der Waals surface area contributed by atoms with Crippen molar-refractivity contribution in [3.05, 3.63) is 0 Å². The standard InChI is InChI=1S/C24H50N4/c1-10-18(26-20-16-23(6,7)28-24(8,9)17-20)12-11-13-25-19-14-21(2,3)27-22(4,5)15-19/h18-20,25-28H,10-17H2,1-9H3. The molecule has 2 heterocycles. The Hall–Kier alpha value is -0.160. The molecule has 2 fully saturated rings. The van der Waals surface area contributed by atoms with E-state index >= 15 is 0 Å². The van der Waals surface area contributed by atoms with E-state index in [9.17, 15) is 0 Å². The maximum Gasteiger partial charge on any atom is 0.0144 e. The van der Waals surface area contributed by atoms with E-state index in [1.54, 1.807) is 0 Å². The highest BCUT2D eigenvalue weighted by Gasteiger charge is 2.38. The minimum Gasteiger partial charge on any atom is -0.314 e. The summed E-state index contributed by atoms with van der Waals surface area (Å²) in [5, 5.41) is 15.5. The second-order valence-corrected chi connectivity index (χ2v) is 12.4. The summed E-state index contributed by atoms with van der Waals surface area (Å²) in [5.74, 6) is 0. The lowest BCUT2D eigenvalue weighted by molar-refractivity contribution is 0.136. The highest BCUT2D eigenvalue weighted by atomic mass is 15.1. The van der Waals surface area contributed by atoms with Gasteiger partial charge in [0.05, 0.1) is 0 Å². The van der Waals surface area contributed by atoms with Crippen molar-refractivity contribution in [1.82, 2.24) is 21.3 Å². The summed E-state index contributed by atoms with van der Waals surface area (Å²) in [7, 11) is 0. The first-order valence-corrected chi connectivity index (χ1v) is 11.8. The molecule has 0 aromatic heterocycles. The van der Waals surface area contributed by atoms with Crippen LogP contribution in [0, 0.1) is 0 Å². The molecule has 4 nitrogen and oxygen atoms in total. The first-order chi connectivity index (χ1) is 12.7. The van der Waals surface area contributed by atoms with Crippen LogP contribution in [0.4, 0.5) is 0 Å². The van der Waals surface area contributed by atoms with Gasteiger partial charge in [-0.15, -0.1) is 0 Å². The molecule has 2 aliphatic heterocycles. The van der Waals surface area contributed by atoms with Crippen molar-refractivity contribution in [2.45, 2.75) is 148 Å². The van der Waals surface area contributed by atoms with Crippen molar-refractivity contribution in [3.63, 3.8) is 0 Å². The molecule has 4 heteroatoms. The predicted molar refractivity (Wildman–Crippen MR) is 123 cm³/mol. The van der Waals surface area contributed by atoms with Gasteiger partial charge in [-0.25, -0.2) is 0 Å². The lowest BCUT2D eigenvalue weighted by atomic mass is 9.79. The van der Waals surface area contributed by atoms with Gasteiger partial charge in [-0.3, -0.25) is 0 Å². The van der Waals surface area contributed by atoms with E-state index in [-0.39, 0.29) is 22.2 Å². The van der Waals surface area contributed by atoms with Crippen LogP contribution in [0.1, 0.15) is 107 Å². The molecule has 1 unspecified atom stereocenters. The Morgan fingerprint density at radius 3 is 1.61 bits per heavy atom. The van der Waals surface area contributed by atoms with Crippen molar-refractivity contribution in [3.8, 4) is 0 Å². The number of nitrogens with one attached hydrogen (secondary N) is 4. The minimum absolute atomic E-state index is 0.216. The van der Waals surface area contributed by atoms with E-state index in [0.717, 1.165) is 6.54 Å². The van der Waals surface area contributed by atoms with Crippen LogP contribution < -0.4 is 21.3 Å². The molecular weight excluding hydrogens is 344 g/mol. The minimum atomic E-state index is 0.216. The monoisotopic (exact) mass is 394 g/mol. The van der Waals surface area contributed by atoms with E-state index in [0.29, 0.717) is 18.1 Å². The average Bonchev–Trinajstić information content (AvgIpc) is 2.43. The molecule has 0 amide bonds. The van der Waals surface area contributed by atoms with Gasteiger partial charge in [0, 0.05) is 40.3 Å². The summed E-state index contributed by atoms with van der Waals surface area (Å²) in [6, 6.07) is 1.89. The smallest absolute Gasteiger partial charge is 0.0144 e. The van der Waals surface area contributed by atoms with Gasteiger partial charge in [0.1, 0.15) is 0 Å². The molecular formula is C24H50N4. The maximum atomic E-state index is 4.00. The molecule has 2 rings (SSSR count). The molecule has 0 aliphatic carbocycles. The Labute approximate surface area is 175 Å². The Bertz CT molecular complexity index is 463. The molecule has 0 bridgehead atoms. The molecule has 2 aliphatic rings. The molecule has 2 saturated heterocycles. The van der Waals surface area contributed by atoms with E-state index < -0.39 is 0 Å². The van der Waals surface area contributed by atoms with Crippen LogP contribution in [0.5, 0.6) is 0 Å². The lowest BCUT2D eigenvalue weighted by Crippen LogP contribution is -2.62. The zero-order chi connectivity index (χ0) is 21.2. The van der Waals surface area contributed by atoms with Gasteiger partial charge >= 0.3 is 0 Å². The van der Waals surface area contributed by atoms with Gasteiger partial charge in [0.15, 0.2) is 0 Å². The van der Waals surface area contributed by atoms with Gasteiger partial charge in [-0.2, -0.15) is 0 Å². The summed E-state index contributed by atoms with van der Waals surface area (Å²) in [5.41, 5.74) is 0.880. The zero-order valence-corrected chi connectivity index (χ0v) is 20.4. The SMILES string of the molecule is CCC(CCCNC1CC(C)(C)NC(C)(C)C1)NC1CC(C)(C)NC(C)(C)C1. The van der Waals surface area contributed by atoms with Crippen LogP contribution >= 0.6 is 0 Å². The normalized spacial score (nSPS) is 28.2. The van der Waals surface area contributed by atoms with Crippen LogP contribution in [-0.2, 0) is 0 Å². The summed E-state index contributed by atoms with van der Waals surface area (Å²) in [6.07, 6.45) is 8.60. The zero-order valence-electron chi connectivity index (χ0n) is 20.4. The molecule has 0 aromatic carbocycles. The summed E-state index contributed by atoms with van der Waals surface area (Å²) in [6.45, 7) is 22.2. The van der Waals surface area contributed by atoms with E-state index in [1.165, 1.54) is 44.9 Å². The van der Waals surface area contributed by atoms with Crippen molar-refractivity contribution >= 4 is 0 Å². The van der Waals surface area contributed by atoms with E-state index in [1.807, 2.05) is 0 Å². The molecule has 0 radical (unpaired) electrons.